The Morgan fingerprint density at radius 2 is 1.85 bits per heavy atom. The third-order valence-electron chi connectivity index (χ3n) is 2.74. The molecule has 0 aromatic heterocycles. The first-order valence-corrected chi connectivity index (χ1v) is 5.94. The second-order valence-corrected chi connectivity index (χ2v) is 4.06. The van der Waals surface area contributed by atoms with Gasteiger partial charge in [0.2, 0.25) is 0 Å². The zero-order chi connectivity index (χ0) is 14.5. The molecule has 0 unspecified atom stereocenters. The minimum absolute atomic E-state index is 0.144. The highest BCUT2D eigenvalue weighted by Crippen LogP contribution is 2.28. The smallest absolute Gasteiger partial charge is 0.293 e. The molecule has 0 radical (unpaired) electrons. The van der Waals surface area contributed by atoms with Gasteiger partial charge in [-0.25, -0.2) is 0 Å². The van der Waals surface area contributed by atoms with Crippen LogP contribution in [-0.4, -0.2) is 17.9 Å². The van der Waals surface area contributed by atoms with E-state index in [1.54, 1.807) is 12.1 Å². The molecule has 1 amide bonds. The van der Waals surface area contributed by atoms with E-state index in [-0.39, 0.29) is 17.2 Å². The number of amides is 1. The van der Waals surface area contributed by atoms with E-state index in [1.165, 1.54) is 25.2 Å². The lowest BCUT2D eigenvalue weighted by atomic mass is 10.1. The Bertz CT molecular complexity index is 641. The van der Waals surface area contributed by atoms with Crippen LogP contribution in [0.5, 0.6) is 0 Å². The first-order valence-electron chi connectivity index (χ1n) is 5.94. The molecule has 2 rings (SSSR count). The summed E-state index contributed by atoms with van der Waals surface area (Å²) in [6.45, 7) is 0. The minimum Gasteiger partial charge on any atom is -0.355 e. The van der Waals surface area contributed by atoms with E-state index < -0.39 is 4.92 Å². The quantitative estimate of drug-likeness (QED) is 0.661. The minimum atomic E-state index is -0.516. The van der Waals surface area contributed by atoms with Crippen LogP contribution >= 0.6 is 0 Å². The average molecular weight is 271 g/mol. The molecule has 0 aliphatic heterocycles. The number of hydrogen-bond donors (Lipinski definition) is 2. The van der Waals surface area contributed by atoms with Crippen LogP contribution in [0.25, 0.3) is 0 Å². The van der Waals surface area contributed by atoms with Crippen molar-refractivity contribution in [2.24, 2.45) is 0 Å². The Morgan fingerprint density at radius 3 is 2.45 bits per heavy atom. The molecule has 0 spiro atoms. The number of nitrogens with zero attached hydrogens (tertiary/aromatic N) is 1. The normalized spacial score (nSPS) is 9.85. The first kappa shape index (κ1) is 13.5. The number of rotatable bonds is 4. The van der Waals surface area contributed by atoms with Crippen LogP contribution < -0.4 is 10.6 Å². The highest BCUT2D eigenvalue weighted by atomic mass is 16.6. The third-order valence-corrected chi connectivity index (χ3v) is 2.74. The second kappa shape index (κ2) is 5.83. The van der Waals surface area contributed by atoms with Gasteiger partial charge in [-0.2, -0.15) is 0 Å². The van der Waals surface area contributed by atoms with Gasteiger partial charge in [-0.15, -0.1) is 0 Å². The summed E-state index contributed by atoms with van der Waals surface area (Å²) in [4.78, 5) is 22.1. The van der Waals surface area contributed by atoms with Crippen molar-refractivity contribution < 1.29 is 9.72 Å². The molecule has 6 heteroatoms. The van der Waals surface area contributed by atoms with Crippen molar-refractivity contribution in [3.8, 4) is 0 Å². The summed E-state index contributed by atoms with van der Waals surface area (Å²) < 4.78 is 0. The molecule has 2 aromatic rings. The molecule has 0 saturated heterocycles. The lowest BCUT2D eigenvalue weighted by molar-refractivity contribution is -0.383. The molecule has 0 fully saturated rings. The Labute approximate surface area is 115 Å². The van der Waals surface area contributed by atoms with E-state index in [1.807, 2.05) is 18.2 Å². The Hall–Kier alpha value is -2.89. The number of nitro groups is 1. The number of benzene rings is 2. The van der Waals surface area contributed by atoms with E-state index in [4.69, 9.17) is 0 Å². The summed E-state index contributed by atoms with van der Waals surface area (Å²) >= 11 is 0. The van der Waals surface area contributed by atoms with Crippen LogP contribution in [-0.2, 0) is 0 Å². The van der Waals surface area contributed by atoms with Crippen LogP contribution in [0.3, 0.4) is 0 Å². The van der Waals surface area contributed by atoms with Gasteiger partial charge in [0.25, 0.3) is 11.6 Å². The SMILES string of the molecule is CNC(=O)c1ccc(Nc2ccccc2)c([N+](=O)[O-])c1. The van der Waals surface area contributed by atoms with Crippen LogP contribution in [0.2, 0.25) is 0 Å². The van der Waals surface area contributed by atoms with Crippen LogP contribution in [0.15, 0.2) is 48.5 Å². The first-order chi connectivity index (χ1) is 9.61. The van der Waals surface area contributed by atoms with Crippen molar-refractivity contribution in [1.82, 2.24) is 5.32 Å². The summed E-state index contributed by atoms with van der Waals surface area (Å²) in [6.07, 6.45) is 0. The number of carbonyl (C=O) groups excluding carboxylic acids is 1. The van der Waals surface area contributed by atoms with Gasteiger partial charge in [-0.1, -0.05) is 18.2 Å². The van der Waals surface area contributed by atoms with E-state index in [9.17, 15) is 14.9 Å². The largest absolute Gasteiger partial charge is 0.355 e. The second-order valence-electron chi connectivity index (χ2n) is 4.06. The molecular weight excluding hydrogens is 258 g/mol. The lowest BCUT2D eigenvalue weighted by Gasteiger charge is -2.08. The number of carbonyl (C=O) groups is 1. The average Bonchev–Trinajstić information content (AvgIpc) is 2.47. The van der Waals surface area contributed by atoms with E-state index in [0.717, 1.165) is 5.69 Å². The van der Waals surface area contributed by atoms with Gasteiger partial charge in [0.15, 0.2) is 0 Å². The fourth-order valence-electron chi connectivity index (χ4n) is 1.75. The molecule has 102 valence electrons. The maximum absolute atomic E-state index is 11.5. The molecule has 20 heavy (non-hydrogen) atoms. The predicted octanol–water partition coefficient (Wildman–Crippen LogP) is 2.70. The van der Waals surface area contributed by atoms with Gasteiger partial charge < -0.3 is 10.6 Å². The fraction of sp³-hybridized carbons (Fsp3) is 0.0714. The highest BCUT2D eigenvalue weighted by Gasteiger charge is 2.17. The molecule has 0 bridgehead atoms. The molecule has 6 nitrogen and oxygen atoms in total. The van der Waals surface area contributed by atoms with Gasteiger partial charge in [0.05, 0.1) is 4.92 Å². The molecule has 2 N–H and O–H groups in total. The highest BCUT2D eigenvalue weighted by molar-refractivity contribution is 5.95. The Morgan fingerprint density at radius 1 is 1.15 bits per heavy atom. The zero-order valence-electron chi connectivity index (χ0n) is 10.8. The molecule has 0 aliphatic rings. The Balaban J connectivity index is 2.38. The lowest BCUT2D eigenvalue weighted by Crippen LogP contribution is -2.17. The van der Waals surface area contributed by atoms with E-state index in [0.29, 0.717) is 5.69 Å². The third kappa shape index (κ3) is 2.92. The summed E-state index contributed by atoms with van der Waals surface area (Å²) in [5, 5.41) is 16.5. The topological polar surface area (TPSA) is 84.3 Å². The molecule has 0 heterocycles. The molecule has 0 atom stereocenters. The Kier molecular flexibility index (Phi) is 3.95. The van der Waals surface area contributed by atoms with Gasteiger partial charge in [-0.3, -0.25) is 14.9 Å². The van der Waals surface area contributed by atoms with Crippen molar-refractivity contribution in [3.05, 3.63) is 64.2 Å². The molecule has 0 aliphatic carbocycles. The fourth-order valence-corrected chi connectivity index (χ4v) is 1.75. The van der Waals surface area contributed by atoms with Gasteiger partial charge in [0.1, 0.15) is 5.69 Å². The maximum Gasteiger partial charge on any atom is 0.293 e. The van der Waals surface area contributed by atoms with Crippen molar-refractivity contribution in [1.29, 1.82) is 0 Å². The summed E-state index contributed by atoms with van der Waals surface area (Å²) in [7, 11) is 1.48. The molecule has 2 aromatic carbocycles. The van der Waals surface area contributed by atoms with Crippen molar-refractivity contribution in [2.75, 3.05) is 12.4 Å². The zero-order valence-corrected chi connectivity index (χ0v) is 10.8. The monoisotopic (exact) mass is 271 g/mol. The standard InChI is InChI=1S/C14H13N3O3/c1-15-14(18)10-7-8-12(13(9-10)17(19)20)16-11-5-3-2-4-6-11/h2-9,16H,1H3,(H,15,18). The van der Waals surface area contributed by atoms with Gasteiger partial charge >= 0.3 is 0 Å². The van der Waals surface area contributed by atoms with Crippen LogP contribution in [0.1, 0.15) is 10.4 Å². The van der Waals surface area contributed by atoms with E-state index in [2.05, 4.69) is 10.6 Å². The van der Waals surface area contributed by atoms with Crippen LogP contribution in [0, 0.1) is 10.1 Å². The molecular formula is C14H13N3O3. The number of para-hydroxylation sites is 1. The van der Waals surface area contributed by atoms with Gasteiger partial charge in [0, 0.05) is 24.4 Å². The summed E-state index contributed by atoms with van der Waals surface area (Å²) in [5.74, 6) is -0.362. The predicted molar refractivity (Wildman–Crippen MR) is 76.2 cm³/mol. The number of nitro benzene ring substituents is 1. The molecule has 0 saturated carbocycles. The van der Waals surface area contributed by atoms with Crippen molar-refractivity contribution in [3.63, 3.8) is 0 Å². The summed E-state index contributed by atoms with van der Waals surface area (Å²) in [6, 6.07) is 13.4. The van der Waals surface area contributed by atoms with Crippen LogP contribution in [0.4, 0.5) is 17.1 Å². The van der Waals surface area contributed by atoms with E-state index >= 15 is 0 Å². The number of anilines is 2. The summed E-state index contributed by atoms with van der Waals surface area (Å²) in [5.41, 5.74) is 1.19. The van der Waals surface area contributed by atoms with Crippen molar-refractivity contribution in [2.45, 2.75) is 0 Å². The van der Waals surface area contributed by atoms with Crippen molar-refractivity contribution >= 4 is 23.0 Å². The van der Waals surface area contributed by atoms with Gasteiger partial charge in [-0.05, 0) is 24.3 Å². The maximum atomic E-state index is 11.5. The number of nitrogens with one attached hydrogen (secondary N) is 2. The number of hydrogen-bond acceptors (Lipinski definition) is 4.